The Hall–Kier alpha value is -2.09. The maximum Gasteiger partial charge on any atom is 0.417 e. The Morgan fingerprint density at radius 3 is 2.45 bits per heavy atom. The van der Waals surface area contributed by atoms with Crippen LogP contribution in [0.5, 0.6) is 0 Å². The monoisotopic (exact) mass is 318 g/mol. The summed E-state index contributed by atoms with van der Waals surface area (Å²) in [5, 5.41) is 11.0. The number of benzene rings is 1. The van der Waals surface area contributed by atoms with E-state index in [2.05, 4.69) is 5.32 Å². The average Bonchev–Trinajstić information content (AvgIpc) is 2.49. The van der Waals surface area contributed by atoms with Crippen molar-refractivity contribution >= 4 is 11.8 Å². The van der Waals surface area contributed by atoms with Gasteiger partial charge in [-0.3, -0.25) is 9.59 Å². The van der Waals surface area contributed by atoms with Crippen molar-refractivity contribution in [1.29, 1.82) is 0 Å². The van der Waals surface area contributed by atoms with Crippen molar-refractivity contribution in [3.05, 3.63) is 35.4 Å². The van der Waals surface area contributed by atoms with E-state index in [0.717, 1.165) is 12.1 Å². The van der Waals surface area contributed by atoms with Crippen molar-refractivity contribution in [2.45, 2.75) is 13.1 Å². The quantitative estimate of drug-likeness (QED) is 0.830. The number of nitrogens with zero attached hydrogens (tertiary/aromatic N) is 1. The third-order valence-corrected chi connectivity index (χ3v) is 2.98. The summed E-state index contributed by atoms with van der Waals surface area (Å²) in [5.74, 6) is -1.45. The molecular weight excluding hydrogens is 301 g/mol. The van der Waals surface area contributed by atoms with Crippen LogP contribution in [0.4, 0.5) is 13.2 Å². The van der Waals surface area contributed by atoms with Gasteiger partial charge < -0.3 is 15.3 Å². The van der Waals surface area contributed by atoms with Gasteiger partial charge in [-0.1, -0.05) is 12.1 Å². The molecule has 0 spiro atoms. The molecule has 0 aliphatic rings. The fourth-order valence-electron chi connectivity index (χ4n) is 1.87. The summed E-state index contributed by atoms with van der Waals surface area (Å²) in [6.45, 7) is 1.45. The summed E-state index contributed by atoms with van der Waals surface area (Å²) < 4.78 is 38.4. The van der Waals surface area contributed by atoms with E-state index in [4.69, 9.17) is 5.11 Å². The summed E-state index contributed by atoms with van der Waals surface area (Å²) >= 11 is 0. The van der Waals surface area contributed by atoms with Crippen LogP contribution in [-0.2, 0) is 11.0 Å². The van der Waals surface area contributed by atoms with Gasteiger partial charge in [0.15, 0.2) is 0 Å². The van der Waals surface area contributed by atoms with Crippen LogP contribution < -0.4 is 5.32 Å². The summed E-state index contributed by atoms with van der Waals surface area (Å²) in [6, 6.07) is 4.36. The lowest BCUT2D eigenvalue weighted by molar-refractivity contribution is -0.137. The SMILES string of the molecule is CCN(CCO)C(=O)CNC(=O)c1ccccc1C(F)(F)F. The molecule has 1 aromatic rings. The molecule has 0 aliphatic heterocycles. The Morgan fingerprint density at radius 1 is 1.27 bits per heavy atom. The molecule has 2 amide bonds. The van der Waals surface area contributed by atoms with Crippen molar-refractivity contribution in [1.82, 2.24) is 10.2 Å². The molecule has 0 unspecified atom stereocenters. The molecule has 0 aromatic heterocycles. The van der Waals surface area contributed by atoms with Crippen LogP contribution in [0.2, 0.25) is 0 Å². The summed E-state index contributed by atoms with van der Waals surface area (Å²) in [7, 11) is 0. The number of likely N-dealkylation sites (N-methyl/N-ethyl adjacent to an activating group) is 1. The van der Waals surface area contributed by atoms with E-state index in [0.29, 0.717) is 6.54 Å². The second-order valence-corrected chi connectivity index (χ2v) is 4.42. The van der Waals surface area contributed by atoms with E-state index in [1.165, 1.54) is 17.0 Å². The highest BCUT2D eigenvalue weighted by Crippen LogP contribution is 2.31. The Kier molecular flexibility index (Phi) is 6.36. The van der Waals surface area contributed by atoms with Crippen LogP contribution in [0.25, 0.3) is 0 Å². The second-order valence-electron chi connectivity index (χ2n) is 4.42. The zero-order chi connectivity index (χ0) is 16.8. The largest absolute Gasteiger partial charge is 0.417 e. The number of aliphatic hydroxyl groups is 1. The Morgan fingerprint density at radius 2 is 1.91 bits per heavy atom. The van der Waals surface area contributed by atoms with Gasteiger partial charge in [0.1, 0.15) is 0 Å². The van der Waals surface area contributed by atoms with Gasteiger partial charge in [0, 0.05) is 13.1 Å². The lowest BCUT2D eigenvalue weighted by atomic mass is 10.1. The standard InChI is InChI=1S/C14H17F3N2O3/c1-2-19(7-8-20)12(21)9-18-13(22)10-5-3-4-6-11(10)14(15,16)17/h3-6,20H,2,7-9H2,1H3,(H,18,22). The number of alkyl halides is 3. The average molecular weight is 318 g/mol. The highest BCUT2D eigenvalue weighted by Gasteiger charge is 2.34. The summed E-state index contributed by atoms with van der Waals surface area (Å²) in [6.07, 6.45) is -4.65. The number of amides is 2. The van der Waals surface area contributed by atoms with E-state index in [1.54, 1.807) is 6.92 Å². The summed E-state index contributed by atoms with van der Waals surface area (Å²) in [4.78, 5) is 24.9. The fourth-order valence-corrected chi connectivity index (χ4v) is 1.87. The second kappa shape index (κ2) is 7.79. The van der Waals surface area contributed by atoms with Crippen molar-refractivity contribution in [2.75, 3.05) is 26.2 Å². The zero-order valence-corrected chi connectivity index (χ0v) is 12.0. The molecule has 0 bridgehead atoms. The zero-order valence-electron chi connectivity index (χ0n) is 12.0. The lowest BCUT2D eigenvalue weighted by Gasteiger charge is -2.20. The Bertz CT molecular complexity index is 532. The minimum absolute atomic E-state index is 0.102. The van der Waals surface area contributed by atoms with Gasteiger partial charge in [-0.25, -0.2) is 0 Å². The molecular formula is C14H17F3N2O3. The van der Waals surface area contributed by atoms with Crippen molar-refractivity contribution in [3.8, 4) is 0 Å². The number of carbonyl (C=O) groups is 2. The minimum atomic E-state index is -4.65. The number of hydrogen-bond acceptors (Lipinski definition) is 3. The van der Waals surface area contributed by atoms with Gasteiger partial charge in [0.05, 0.1) is 24.3 Å². The highest BCUT2D eigenvalue weighted by atomic mass is 19.4. The van der Waals surface area contributed by atoms with Crippen LogP contribution in [0.15, 0.2) is 24.3 Å². The van der Waals surface area contributed by atoms with E-state index in [1.807, 2.05) is 0 Å². The van der Waals surface area contributed by atoms with Crippen molar-refractivity contribution in [3.63, 3.8) is 0 Å². The number of aliphatic hydroxyl groups excluding tert-OH is 1. The van der Waals surface area contributed by atoms with Gasteiger partial charge in [-0.15, -0.1) is 0 Å². The van der Waals surface area contributed by atoms with E-state index in [9.17, 15) is 22.8 Å². The Balaban J connectivity index is 2.77. The first-order chi connectivity index (χ1) is 10.3. The molecule has 0 heterocycles. The van der Waals surface area contributed by atoms with Gasteiger partial charge >= 0.3 is 6.18 Å². The highest BCUT2D eigenvalue weighted by molar-refractivity contribution is 5.97. The molecule has 0 fully saturated rings. The molecule has 0 saturated carbocycles. The number of hydrogen-bond donors (Lipinski definition) is 2. The van der Waals surface area contributed by atoms with E-state index >= 15 is 0 Å². The third-order valence-electron chi connectivity index (χ3n) is 2.98. The van der Waals surface area contributed by atoms with Crippen molar-refractivity contribution < 1.29 is 27.9 Å². The molecule has 1 rings (SSSR count). The molecule has 5 nitrogen and oxygen atoms in total. The summed E-state index contributed by atoms with van der Waals surface area (Å²) in [5.41, 5.74) is -1.59. The van der Waals surface area contributed by atoms with Crippen molar-refractivity contribution in [2.24, 2.45) is 0 Å². The fraction of sp³-hybridized carbons (Fsp3) is 0.429. The van der Waals surface area contributed by atoms with Crippen LogP contribution in [0, 0.1) is 0 Å². The first kappa shape index (κ1) is 18.0. The lowest BCUT2D eigenvalue weighted by Crippen LogP contribution is -2.41. The number of rotatable bonds is 6. The molecule has 122 valence electrons. The molecule has 8 heteroatoms. The smallest absolute Gasteiger partial charge is 0.395 e. The minimum Gasteiger partial charge on any atom is -0.395 e. The molecule has 0 aliphatic carbocycles. The molecule has 0 atom stereocenters. The van der Waals surface area contributed by atoms with Crippen LogP contribution in [-0.4, -0.2) is 48.1 Å². The predicted molar refractivity (Wildman–Crippen MR) is 73.1 cm³/mol. The topological polar surface area (TPSA) is 69.6 Å². The molecule has 0 radical (unpaired) electrons. The van der Waals surface area contributed by atoms with Gasteiger partial charge in [0.2, 0.25) is 5.91 Å². The first-order valence-corrected chi connectivity index (χ1v) is 6.64. The molecule has 22 heavy (non-hydrogen) atoms. The first-order valence-electron chi connectivity index (χ1n) is 6.64. The van der Waals surface area contributed by atoms with Crippen LogP contribution in [0.3, 0.4) is 0 Å². The third kappa shape index (κ3) is 4.73. The predicted octanol–water partition coefficient (Wildman–Crippen LogP) is 1.28. The van der Waals surface area contributed by atoms with E-state index < -0.39 is 35.7 Å². The van der Waals surface area contributed by atoms with Crippen LogP contribution in [0.1, 0.15) is 22.8 Å². The molecule has 2 N–H and O–H groups in total. The van der Waals surface area contributed by atoms with E-state index in [-0.39, 0.29) is 13.2 Å². The van der Waals surface area contributed by atoms with Crippen LogP contribution >= 0.6 is 0 Å². The number of carbonyl (C=O) groups excluding carboxylic acids is 2. The number of nitrogens with one attached hydrogen (secondary N) is 1. The Labute approximate surface area is 125 Å². The van der Waals surface area contributed by atoms with Gasteiger partial charge in [-0.05, 0) is 19.1 Å². The maximum atomic E-state index is 12.8. The molecule has 1 aromatic carbocycles. The normalized spacial score (nSPS) is 11.1. The van der Waals surface area contributed by atoms with Gasteiger partial charge in [0.25, 0.3) is 5.91 Å². The number of halogens is 3. The molecule has 0 saturated heterocycles. The maximum absolute atomic E-state index is 12.8. The van der Waals surface area contributed by atoms with Gasteiger partial charge in [-0.2, -0.15) is 13.2 Å².